The Hall–Kier alpha value is -2.74. The maximum Gasteiger partial charge on any atom is 0.126 e. The standard InChI is InChI=1S/C25H27FN2O3S/c26-17-11-9-16(10-12-17)22(30)8-4-7-21-24(20-14-13-19(29)15-23(20)31)28(25(32)27-21)18-5-2-1-3-6-18/h1-3,5-6,9-15,21-22,24-25,27,29-32H,4,7-8H2. The molecule has 1 aliphatic heterocycles. The molecule has 1 aliphatic rings. The molecule has 3 aromatic rings. The van der Waals surface area contributed by atoms with E-state index in [-0.39, 0.29) is 34.9 Å². The van der Waals surface area contributed by atoms with Gasteiger partial charge in [0, 0.05) is 23.4 Å². The lowest BCUT2D eigenvalue weighted by atomic mass is 9.93. The van der Waals surface area contributed by atoms with E-state index >= 15 is 0 Å². The third-order valence-corrected chi connectivity index (χ3v) is 6.34. The molecule has 1 heterocycles. The van der Waals surface area contributed by atoms with Gasteiger partial charge in [0.15, 0.2) is 0 Å². The second kappa shape index (κ2) is 9.81. The van der Waals surface area contributed by atoms with Crippen molar-refractivity contribution in [2.75, 3.05) is 4.90 Å². The molecule has 4 unspecified atom stereocenters. The van der Waals surface area contributed by atoms with Gasteiger partial charge in [-0.15, -0.1) is 12.6 Å². The van der Waals surface area contributed by atoms with Crippen LogP contribution in [0.2, 0.25) is 0 Å². The quantitative estimate of drug-likeness (QED) is 0.329. The van der Waals surface area contributed by atoms with E-state index in [1.807, 2.05) is 30.3 Å². The summed E-state index contributed by atoms with van der Waals surface area (Å²) in [5.74, 6) is -0.296. The predicted octanol–water partition coefficient (Wildman–Crippen LogP) is 4.87. The van der Waals surface area contributed by atoms with Crippen molar-refractivity contribution in [2.24, 2.45) is 0 Å². The van der Waals surface area contributed by atoms with Crippen molar-refractivity contribution in [3.05, 3.63) is 89.7 Å². The highest BCUT2D eigenvalue weighted by Crippen LogP contribution is 2.42. The Kier molecular flexibility index (Phi) is 6.89. The van der Waals surface area contributed by atoms with Crippen molar-refractivity contribution < 1.29 is 19.7 Å². The molecule has 1 fully saturated rings. The number of aliphatic hydroxyl groups is 1. The minimum atomic E-state index is -0.672. The molecule has 7 heteroatoms. The minimum Gasteiger partial charge on any atom is -0.508 e. The first-order chi connectivity index (χ1) is 15.4. The Bertz CT molecular complexity index is 1040. The van der Waals surface area contributed by atoms with Gasteiger partial charge in [0.2, 0.25) is 0 Å². The van der Waals surface area contributed by atoms with Crippen LogP contribution in [0.5, 0.6) is 11.5 Å². The van der Waals surface area contributed by atoms with Crippen LogP contribution in [0.1, 0.15) is 42.5 Å². The maximum atomic E-state index is 13.1. The van der Waals surface area contributed by atoms with Crippen LogP contribution in [0.3, 0.4) is 0 Å². The van der Waals surface area contributed by atoms with Gasteiger partial charge in [-0.25, -0.2) is 4.39 Å². The number of anilines is 1. The van der Waals surface area contributed by atoms with Crippen molar-refractivity contribution in [1.29, 1.82) is 0 Å². The van der Waals surface area contributed by atoms with Gasteiger partial charge in [-0.3, -0.25) is 5.32 Å². The Balaban J connectivity index is 1.54. The van der Waals surface area contributed by atoms with Crippen molar-refractivity contribution in [3.8, 4) is 11.5 Å². The van der Waals surface area contributed by atoms with Gasteiger partial charge in [0.1, 0.15) is 22.8 Å². The number of thiol groups is 1. The summed E-state index contributed by atoms with van der Waals surface area (Å²) in [5.41, 5.74) is 2.07. The summed E-state index contributed by atoms with van der Waals surface area (Å²) in [7, 11) is 0. The van der Waals surface area contributed by atoms with Crippen molar-refractivity contribution in [3.63, 3.8) is 0 Å². The molecule has 0 spiro atoms. The van der Waals surface area contributed by atoms with E-state index in [0.29, 0.717) is 24.0 Å². The largest absolute Gasteiger partial charge is 0.508 e. The lowest BCUT2D eigenvalue weighted by molar-refractivity contribution is 0.162. The first-order valence-electron chi connectivity index (χ1n) is 10.7. The van der Waals surface area contributed by atoms with E-state index in [9.17, 15) is 19.7 Å². The number of hydrogen-bond acceptors (Lipinski definition) is 6. The molecule has 0 bridgehead atoms. The van der Waals surface area contributed by atoms with Gasteiger partial charge >= 0.3 is 0 Å². The van der Waals surface area contributed by atoms with Gasteiger partial charge < -0.3 is 20.2 Å². The fourth-order valence-electron chi connectivity index (χ4n) is 4.38. The van der Waals surface area contributed by atoms with Crippen LogP contribution < -0.4 is 10.2 Å². The van der Waals surface area contributed by atoms with Crippen LogP contribution in [0.4, 0.5) is 10.1 Å². The fraction of sp³-hybridized carbons (Fsp3) is 0.280. The number of nitrogens with zero attached hydrogens (tertiary/aromatic N) is 1. The molecule has 168 valence electrons. The van der Waals surface area contributed by atoms with Crippen molar-refractivity contribution >= 4 is 18.3 Å². The number of halogens is 1. The van der Waals surface area contributed by atoms with E-state index in [0.717, 1.165) is 12.1 Å². The summed E-state index contributed by atoms with van der Waals surface area (Å²) < 4.78 is 13.1. The first-order valence-corrected chi connectivity index (χ1v) is 11.2. The van der Waals surface area contributed by atoms with Crippen molar-refractivity contribution in [2.45, 2.75) is 42.9 Å². The molecule has 0 aromatic heterocycles. The number of nitrogens with one attached hydrogen (secondary N) is 1. The highest BCUT2D eigenvalue weighted by atomic mass is 32.1. The average Bonchev–Trinajstić information content (AvgIpc) is 3.10. The third kappa shape index (κ3) is 4.85. The highest BCUT2D eigenvalue weighted by Gasteiger charge is 2.41. The number of para-hydroxylation sites is 1. The van der Waals surface area contributed by atoms with Crippen LogP contribution in [0.15, 0.2) is 72.8 Å². The van der Waals surface area contributed by atoms with Crippen LogP contribution in [0, 0.1) is 5.82 Å². The minimum absolute atomic E-state index is 0.00450. The zero-order chi connectivity index (χ0) is 22.7. The average molecular weight is 455 g/mol. The van der Waals surface area contributed by atoms with Gasteiger partial charge in [-0.05, 0) is 61.2 Å². The first kappa shape index (κ1) is 22.5. The molecule has 0 aliphatic carbocycles. The van der Waals surface area contributed by atoms with Crippen molar-refractivity contribution in [1.82, 2.24) is 5.32 Å². The monoisotopic (exact) mass is 454 g/mol. The fourth-order valence-corrected chi connectivity index (χ4v) is 4.85. The van der Waals surface area contributed by atoms with Gasteiger partial charge in [-0.2, -0.15) is 0 Å². The number of aliphatic hydroxyl groups excluding tert-OH is 1. The summed E-state index contributed by atoms with van der Waals surface area (Å²) in [5, 5.41) is 34.3. The number of phenols is 2. The van der Waals surface area contributed by atoms with E-state index in [2.05, 4.69) is 10.2 Å². The summed E-state index contributed by atoms with van der Waals surface area (Å²) >= 11 is 4.75. The summed E-state index contributed by atoms with van der Waals surface area (Å²) in [6, 6.07) is 20.1. The molecule has 0 radical (unpaired) electrons. The van der Waals surface area contributed by atoms with Crippen LogP contribution in [0.25, 0.3) is 0 Å². The predicted molar refractivity (Wildman–Crippen MR) is 126 cm³/mol. The van der Waals surface area contributed by atoms with E-state index < -0.39 is 6.10 Å². The Morgan fingerprint density at radius 2 is 1.72 bits per heavy atom. The zero-order valence-electron chi connectivity index (χ0n) is 17.5. The van der Waals surface area contributed by atoms with E-state index in [4.69, 9.17) is 12.6 Å². The molecule has 1 saturated heterocycles. The van der Waals surface area contributed by atoms with Gasteiger partial charge in [-0.1, -0.05) is 30.3 Å². The summed E-state index contributed by atoms with van der Waals surface area (Å²) in [6.45, 7) is 0. The van der Waals surface area contributed by atoms with E-state index in [1.165, 1.54) is 18.2 Å². The van der Waals surface area contributed by atoms with E-state index in [1.54, 1.807) is 24.3 Å². The lowest BCUT2D eigenvalue weighted by Crippen LogP contribution is -2.31. The molecule has 0 amide bonds. The Morgan fingerprint density at radius 1 is 1.00 bits per heavy atom. The molecular weight excluding hydrogens is 427 g/mol. The second-order valence-corrected chi connectivity index (χ2v) is 8.56. The number of hydrogen-bond donors (Lipinski definition) is 5. The molecule has 4 rings (SSSR count). The van der Waals surface area contributed by atoms with Gasteiger partial charge in [0.25, 0.3) is 0 Å². The molecule has 5 nitrogen and oxygen atoms in total. The maximum absolute atomic E-state index is 13.1. The smallest absolute Gasteiger partial charge is 0.126 e. The third-order valence-electron chi connectivity index (χ3n) is 5.94. The molecule has 3 aromatic carbocycles. The number of phenolic OH excluding ortho intramolecular Hbond substituents is 2. The highest BCUT2D eigenvalue weighted by molar-refractivity contribution is 7.81. The molecule has 0 saturated carbocycles. The Morgan fingerprint density at radius 3 is 2.41 bits per heavy atom. The van der Waals surface area contributed by atoms with Crippen LogP contribution in [-0.2, 0) is 0 Å². The number of rotatable bonds is 7. The second-order valence-electron chi connectivity index (χ2n) is 8.08. The molecule has 4 atom stereocenters. The molecular formula is C25H27FN2O3S. The van der Waals surface area contributed by atoms with Crippen LogP contribution in [-0.4, -0.2) is 26.9 Å². The summed E-state index contributed by atoms with van der Waals surface area (Å²) in [6.07, 6.45) is 1.30. The molecule has 4 N–H and O–H groups in total. The van der Waals surface area contributed by atoms with Crippen LogP contribution >= 0.6 is 12.6 Å². The Labute approximate surface area is 192 Å². The van der Waals surface area contributed by atoms with Gasteiger partial charge in [0.05, 0.1) is 12.1 Å². The number of benzene rings is 3. The summed E-state index contributed by atoms with van der Waals surface area (Å²) in [4.78, 5) is 2.11. The normalized spacial score (nSPS) is 21.6. The molecule has 32 heavy (non-hydrogen) atoms. The zero-order valence-corrected chi connectivity index (χ0v) is 18.4. The number of aromatic hydroxyl groups is 2. The topological polar surface area (TPSA) is 76.0 Å². The lowest BCUT2D eigenvalue weighted by Gasteiger charge is -2.31. The SMILES string of the molecule is Oc1ccc(C2C(CCCC(O)c3ccc(F)cc3)NC(S)N2c2ccccc2)c(O)c1.